The van der Waals surface area contributed by atoms with Gasteiger partial charge in [-0.15, -0.1) is 11.8 Å². The molecule has 2 atom stereocenters. The lowest BCUT2D eigenvalue weighted by molar-refractivity contribution is -0.133. The second-order valence-electron chi connectivity index (χ2n) is 7.64. The minimum atomic E-state index is -0.355. The minimum Gasteiger partial charge on any atom is -0.278 e. The van der Waals surface area contributed by atoms with E-state index < -0.39 is 0 Å². The van der Waals surface area contributed by atoms with Crippen LogP contribution in [-0.4, -0.2) is 28.6 Å². The fourth-order valence-electron chi connectivity index (χ4n) is 3.87. The number of para-hydroxylation sites is 1. The number of nitrogens with one attached hydrogen (secondary N) is 1. The number of hydrazine groups is 1. The van der Waals surface area contributed by atoms with Crippen molar-refractivity contribution in [3.63, 3.8) is 0 Å². The van der Waals surface area contributed by atoms with Crippen LogP contribution in [0, 0.1) is 5.82 Å². The first-order chi connectivity index (χ1) is 15.9. The molecule has 0 radical (unpaired) electrons. The average Bonchev–Trinajstić information content (AvgIpc) is 3.10. The van der Waals surface area contributed by atoms with Crippen molar-refractivity contribution >= 4 is 58.3 Å². The Morgan fingerprint density at radius 1 is 1.06 bits per heavy atom. The quantitative estimate of drug-likeness (QED) is 0.493. The van der Waals surface area contributed by atoms with Crippen molar-refractivity contribution in [1.29, 1.82) is 0 Å². The summed E-state index contributed by atoms with van der Waals surface area (Å²) in [5.41, 5.74) is 5.31. The number of rotatable bonds is 4. The highest BCUT2D eigenvalue weighted by Crippen LogP contribution is 2.49. The van der Waals surface area contributed by atoms with E-state index in [4.69, 9.17) is 11.6 Å². The molecule has 2 unspecified atom stereocenters. The van der Waals surface area contributed by atoms with Crippen LogP contribution in [0.3, 0.4) is 0 Å². The molecule has 2 heterocycles. The van der Waals surface area contributed by atoms with Crippen LogP contribution in [0.5, 0.6) is 0 Å². The number of fused-ring (bicyclic) bond motifs is 2. The molecule has 0 aliphatic carbocycles. The molecule has 1 N–H and O–H groups in total. The Kier molecular flexibility index (Phi) is 6.09. The number of halogens is 2. The number of hydrogen-bond acceptors (Lipinski definition) is 5. The maximum atomic E-state index is 13.5. The van der Waals surface area contributed by atoms with Crippen molar-refractivity contribution < 1.29 is 14.0 Å². The van der Waals surface area contributed by atoms with Crippen molar-refractivity contribution in [3.05, 3.63) is 83.1 Å². The summed E-state index contributed by atoms with van der Waals surface area (Å²) in [7, 11) is 0. The number of nitrogens with zero attached hydrogens (tertiary/aromatic N) is 2. The first-order valence-electron chi connectivity index (χ1n) is 10.3. The summed E-state index contributed by atoms with van der Waals surface area (Å²) in [6.45, 7) is 1.73. The van der Waals surface area contributed by atoms with Crippen molar-refractivity contribution in [2.75, 3.05) is 11.4 Å². The standard InChI is InChI=1S/C24H19ClFN3O2S2/c1-14-23(31)29(24(32-14)15-6-9-17(26)10-7-15)27-13-22(30)28-18-4-2-3-5-20(18)33-21-11-8-16(25)12-19(21)28/h2-12,14,24,27H,13H2,1H3. The zero-order valence-electron chi connectivity index (χ0n) is 17.5. The molecule has 2 amide bonds. The largest absolute Gasteiger partial charge is 0.278 e. The van der Waals surface area contributed by atoms with Gasteiger partial charge in [0, 0.05) is 14.8 Å². The summed E-state index contributed by atoms with van der Waals surface area (Å²) in [4.78, 5) is 29.8. The Hall–Kier alpha value is -2.52. The predicted molar refractivity (Wildman–Crippen MR) is 130 cm³/mol. The molecule has 3 aromatic rings. The molecule has 0 saturated carbocycles. The third kappa shape index (κ3) is 4.24. The molecule has 2 aliphatic heterocycles. The van der Waals surface area contributed by atoms with E-state index in [9.17, 15) is 14.0 Å². The molecule has 0 spiro atoms. The van der Waals surface area contributed by atoms with Crippen LogP contribution >= 0.6 is 35.1 Å². The van der Waals surface area contributed by atoms with Gasteiger partial charge in [0.15, 0.2) is 0 Å². The third-order valence-corrected chi connectivity index (χ3v) is 8.16. The topological polar surface area (TPSA) is 52.7 Å². The maximum absolute atomic E-state index is 13.5. The second-order valence-corrected chi connectivity index (χ2v) is 10.6. The highest BCUT2D eigenvalue weighted by Gasteiger charge is 2.39. The Morgan fingerprint density at radius 3 is 2.58 bits per heavy atom. The van der Waals surface area contributed by atoms with Gasteiger partial charge >= 0.3 is 0 Å². The van der Waals surface area contributed by atoms with E-state index in [0.717, 1.165) is 21.0 Å². The van der Waals surface area contributed by atoms with Gasteiger partial charge in [0.1, 0.15) is 11.2 Å². The van der Waals surface area contributed by atoms with Crippen molar-refractivity contribution in [3.8, 4) is 0 Å². The van der Waals surface area contributed by atoms with Gasteiger partial charge in [-0.3, -0.25) is 19.5 Å². The van der Waals surface area contributed by atoms with Gasteiger partial charge in [0.05, 0.1) is 23.2 Å². The van der Waals surface area contributed by atoms with Gasteiger partial charge in [-0.05, 0) is 55.0 Å². The lowest BCUT2D eigenvalue weighted by Gasteiger charge is -2.32. The summed E-state index contributed by atoms with van der Waals surface area (Å²) >= 11 is 9.28. The molecule has 1 saturated heterocycles. The highest BCUT2D eigenvalue weighted by atomic mass is 35.5. The number of amides is 2. The molecular formula is C24H19ClFN3O2S2. The van der Waals surface area contributed by atoms with Crippen LogP contribution in [0.4, 0.5) is 15.8 Å². The van der Waals surface area contributed by atoms with Crippen LogP contribution in [-0.2, 0) is 9.59 Å². The fraction of sp³-hybridized carbons (Fsp3) is 0.167. The predicted octanol–water partition coefficient (Wildman–Crippen LogP) is 5.78. The summed E-state index contributed by atoms with van der Waals surface area (Å²) in [5, 5.41) is 1.38. The summed E-state index contributed by atoms with van der Waals surface area (Å²) < 4.78 is 13.4. The van der Waals surface area contributed by atoms with Crippen LogP contribution in [0.2, 0.25) is 5.02 Å². The van der Waals surface area contributed by atoms with Crippen LogP contribution < -0.4 is 10.3 Å². The van der Waals surface area contributed by atoms with E-state index in [-0.39, 0.29) is 34.8 Å². The molecule has 3 aromatic carbocycles. The van der Waals surface area contributed by atoms with E-state index in [2.05, 4.69) is 5.43 Å². The summed E-state index contributed by atoms with van der Waals surface area (Å²) in [6.07, 6.45) is 0. The first kappa shape index (κ1) is 22.3. The number of benzene rings is 3. The van der Waals surface area contributed by atoms with Gasteiger partial charge in [-0.2, -0.15) is 0 Å². The molecular weight excluding hydrogens is 481 g/mol. The Labute approximate surface area is 204 Å². The van der Waals surface area contributed by atoms with Crippen LogP contribution in [0.15, 0.2) is 76.5 Å². The monoisotopic (exact) mass is 499 g/mol. The highest BCUT2D eigenvalue weighted by molar-refractivity contribution is 8.01. The number of anilines is 2. The molecule has 5 rings (SSSR count). The van der Waals surface area contributed by atoms with E-state index in [1.165, 1.54) is 28.9 Å². The third-order valence-electron chi connectivity index (χ3n) is 5.45. The maximum Gasteiger partial charge on any atom is 0.250 e. The number of carbonyl (C=O) groups is 2. The Bertz CT molecular complexity index is 1240. The molecule has 2 aliphatic rings. The van der Waals surface area contributed by atoms with Crippen LogP contribution in [0.25, 0.3) is 0 Å². The fourth-order valence-corrected chi connectivity index (χ4v) is 6.30. The van der Waals surface area contributed by atoms with Gasteiger partial charge < -0.3 is 0 Å². The average molecular weight is 500 g/mol. The first-order valence-corrected chi connectivity index (χ1v) is 12.4. The SMILES string of the molecule is CC1SC(c2ccc(F)cc2)N(NCC(=O)N2c3ccccc3Sc3ccc(Cl)cc32)C1=O. The van der Waals surface area contributed by atoms with Gasteiger partial charge in [0.2, 0.25) is 5.91 Å². The smallest absolute Gasteiger partial charge is 0.250 e. The zero-order valence-corrected chi connectivity index (χ0v) is 19.9. The normalized spacial score (nSPS) is 19.4. The van der Waals surface area contributed by atoms with Crippen LogP contribution in [0.1, 0.15) is 17.9 Å². The van der Waals surface area contributed by atoms with E-state index >= 15 is 0 Å². The van der Waals surface area contributed by atoms with E-state index in [0.29, 0.717) is 10.7 Å². The van der Waals surface area contributed by atoms with E-state index in [1.54, 1.807) is 40.9 Å². The lowest BCUT2D eigenvalue weighted by atomic mass is 10.2. The molecule has 0 aromatic heterocycles. The number of carbonyl (C=O) groups excluding carboxylic acids is 2. The molecule has 33 heavy (non-hydrogen) atoms. The number of hydrogen-bond donors (Lipinski definition) is 1. The lowest BCUT2D eigenvalue weighted by Crippen LogP contribution is -2.47. The summed E-state index contributed by atoms with van der Waals surface area (Å²) in [5.74, 6) is -0.684. The van der Waals surface area contributed by atoms with Gasteiger partial charge in [0.25, 0.3) is 5.91 Å². The molecule has 1 fully saturated rings. The molecule has 5 nitrogen and oxygen atoms in total. The zero-order chi connectivity index (χ0) is 23.1. The minimum absolute atomic E-state index is 0.0956. The Morgan fingerprint density at radius 2 is 1.79 bits per heavy atom. The van der Waals surface area contributed by atoms with Gasteiger partial charge in [-0.1, -0.05) is 47.6 Å². The van der Waals surface area contributed by atoms with Crippen molar-refractivity contribution in [2.24, 2.45) is 0 Å². The Balaban J connectivity index is 1.41. The van der Waals surface area contributed by atoms with Gasteiger partial charge in [-0.25, -0.2) is 9.82 Å². The molecule has 0 bridgehead atoms. The number of thioether (sulfide) groups is 1. The summed E-state index contributed by atoms with van der Waals surface area (Å²) in [6, 6.07) is 19.2. The second kappa shape index (κ2) is 9.02. The molecule has 168 valence electrons. The van der Waals surface area contributed by atoms with E-state index in [1.807, 2.05) is 37.3 Å². The molecule has 9 heteroatoms. The van der Waals surface area contributed by atoms with Crippen molar-refractivity contribution in [2.45, 2.75) is 27.3 Å². The van der Waals surface area contributed by atoms with Crippen molar-refractivity contribution in [1.82, 2.24) is 10.4 Å².